The van der Waals surface area contributed by atoms with E-state index in [-0.39, 0.29) is 48.4 Å². The number of rotatable bonds is 7. The van der Waals surface area contributed by atoms with Crippen LogP contribution in [0.2, 0.25) is 0 Å². The van der Waals surface area contributed by atoms with E-state index in [1.165, 1.54) is 19.1 Å². The molecule has 0 bridgehead atoms. The van der Waals surface area contributed by atoms with Crippen molar-refractivity contribution in [3.8, 4) is 11.5 Å². The summed E-state index contributed by atoms with van der Waals surface area (Å²) in [6, 6.07) is -5.72. The molecule has 168 valence electrons. The zero-order valence-electron chi connectivity index (χ0n) is 31.6. The Balaban J connectivity index is 2.22. The highest BCUT2D eigenvalue weighted by molar-refractivity contribution is 5.76. The van der Waals surface area contributed by atoms with Gasteiger partial charge in [-0.2, -0.15) is 0 Å². The van der Waals surface area contributed by atoms with Crippen LogP contribution < -0.4 is 15.2 Å². The molecule has 1 aromatic carbocycles. The fourth-order valence-electron chi connectivity index (χ4n) is 3.96. The maximum absolute atomic E-state index is 13.4. The van der Waals surface area contributed by atoms with Gasteiger partial charge in [0.05, 0.1) is 18.3 Å². The molecule has 2 heterocycles. The lowest BCUT2D eigenvalue weighted by Gasteiger charge is -2.47. The lowest BCUT2D eigenvalue weighted by Crippen LogP contribution is -2.51. The van der Waals surface area contributed by atoms with Gasteiger partial charge >= 0.3 is 5.97 Å². The van der Waals surface area contributed by atoms with Crippen molar-refractivity contribution in [2.45, 2.75) is 64.9 Å². The second-order valence-electron chi connectivity index (χ2n) is 7.87. The van der Waals surface area contributed by atoms with Crippen LogP contribution >= 0.6 is 0 Å². The van der Waals surface area contributed by atoms with E-state index in [0.29, 0.717) is 0 Å². The molecule has 4 atom stereocenters. The van der Waals surface area contributed by atoms with Gasteiger partial charge in [-0.05, 0) is 47.8 Å². The number of methoxy groups -OCH3 is 2. The number of fused-ring (bicyclic) bond motifs is 3. The number of hydrogen-bond donors (Lipinski definition) is 1. The molecule has 2 aliphatic heterocycles. The molecule has 3 unspecified atom stereocenters. The normalized spacial score (nSPS) is 37.3. The van der Waals surface area contributed by atoms with E-state index in [9.17, 15) is 4.79 Å². The number of ether oxygens (including phenoxy) is 3. The van der Waals surface area contributed by atoms with Gasteiger partial charge in [-0.1, -0.05) is 27.6 Å². The summed E-state index contributed by atoms with van der Waals surface area (Å²) in [5.74, 6) is -6.88. The Morgan fingerprint density at radius 1 is 1.37 bits per heavy atom. The maximum atomic E-state index is 13.4. The Kier molecular flexibility index (Phi) is 3.41. The zero-order chi connectivity index (χ0) is 34.2. The molecule has 30 heavy (non-hydrogen) atoms. The second-order valence-corrected chi connectivity index (χ2v) is 7.87. The van der Waals surface area contributed by atoms with Gasteiger partial charge in [0.15, 0.2) is 11.5 Å². The minimum Gasteiger partial charge on any atom is -0.493 e. The molecular weight excluding hydrogens is 380 g/mol. The fraction of sp³-hybridized carbons (Fsp3) is 0.708. The maximum Gasteiger partial charge on any atom is 0.323 e. The summed E-state index contributed by atoms with van der Waals surface area (Å²) in [6.45, 7) is -6.76. The highest BCUT2D eigenvalue weighted by Crippen LogP contribution is 2.44. The Labute approximate surface area is 200 Å². The lowest BCUT2D eigenvalue weighted by molar-refractivity contribution is -0.160. The van der Waals surface area contributed by atoms with Gasteiger partial charge in [-0.15, -0.1) is 0 Å². The SMILES string of the molecule is [2H]c1c(OC)c(OC)c([2H])c2c1C1CC(OC(=O)[C@@]([2H])(N)C([2H])(C([2H])([2H])[2H])C([2H])([2H])[2H])C(CC(C)C)CN1C([2H])([2H])C2([2H])[2H]. The van der Waals surface area contributed by atoms with Crippen LogP contribution in [-0.2, 0) is 15.9 Å². The highest BCUT2D eigenvalue weighted by atomic mass is 16.5. The number of nitrogens with zero attached hydrogens (tertiary/aromatic N) is 1. The molecule has 1 saturated heterocycles. The van der Waals surface area contributed by atoms with E-state index >= 15 is 0 Å². The molecule has 0 radical (unpaired) electrons. The van der Waals surface area contributed by atoms with Gasteiger partial charge in [-0.3, -0.25) is 9.69 Å². The molecule has 0 spiro atoms. The van der Waals surface area contributed by atoms with E-state index < -0.39 is 74.1 Å². The van der Waals surface area contributed by atoms with Crippen LogP contribution in [0.4, 0.5) is 0 Å². The van der Waals surface area contributed by atoms with Crippen molar-refractivity contribution >= 4 is 5.97 Å². The van der Waals surface area contributed by atoms with Gasteiger partial charge in [0.25, 0.3) is 0 Å². The van der Waals surface area contributed by atoms with Crippen molar-refractivity contribution in [1.29, 1.82) is 0 Å². The van der Waals surface area contributed by atoms with Gasteiger partial charge in [-0.25, -0.2) is 0 Å². The monoisotopic (exact) mass is 432 g/mol. The number of hydrogen-bond acceptors (Lipinski definition) is 6. The quantitative estimate of drug-likeness (QED) is 0.664. The Morgan fingerprint density at radius 2 is 2.07 bits per heavy atom. The van der Waals surface area contributed by atoms with Crippen LogP contribution in [0.3, 0.4) is 0 Å². The molecule has 6 heteroatoms. The number of piperidine rings is 1. The Bertz CT molecular complexity index is 1270. The van der Waals surface area contributed by atoms with E-state index in [0.717, 1.165) is 0 Å². The van der Waals surface area contributed by atoms with Crippen LogP contribution in [-0.4, -0.2) is 50.3 Å². The first-order chi connectivity index (χ1) is 19.7. The topological polar surface area (TPSA) is 74.0 Å². The summed E-state index contributed by atoms with van der Waals surface area (Å²) >= 11 is 0. The van der Waals surface area contributed by atoms with E-state index in [1.807, 2.05) is 13.8 Å². The van der Waals surface area contributed by atoms with Crippen molar-refractivity contribution < 1.29 is 38.2 Å². The molecule has 6 nitrogen and oxygen atoms in total. The third-order valence-electron chi connectivity index (χ3n) is 5.34. The summed E-state index contributed by atoms with van der Waals surface area (Å²) < 4.78 is 132. The van der Waals surface area contributed by atoms with Crippen LogP contribution in [0.15, 0.2) is 12.1 Å². The van der Waals surface area contributed by atoms with Gasteiger partial charge in [0.1, 0.15) is 12.1 Å². The second kappa shape index (κ2) is 9.56. The molecule has 2 aliphatic rings. The smallest absolute Gasteiger partial charge is 0.323 e. The Morgan fingerprint density at radius 3 is 2.70 bits per heavy atom. The van der Waals surface area contributed by atoms with E-state index in [2.05, 4.69) is 0 Å². The minimum absolute atomic E-state index is 0.0768. The van der Waals surface area contributed by atoms with Crippen LogP contribution in [0, 0.1) is 17.7 Å². The molecule has 0 saturated carbocycles. The first kappa shape index (κ1) is 10.7. The average molecular weight is 433 g/mol. The fourth-order valence-corrected chi connectivity index (χ4v) is 3.96. The largest absolute Gasteiger partial charge is 0.493 e. The summed E-state index contributed by atoms with van der Waals surface area (Å²) in [5.41, 5.74) is 5.19. The summed E-state index contributed by atoms with van der Waals surface area (Å²) in [4.78, 5) is 14.6. The Hall–Kier alpha value is -1.79. The van der Waals surface area contributed by atoms with Crippen molar-refractivity contribution in [2.75, 3.05) is 27.3 Å². The minimum atomic E-state index is -3.79. The van der Waals surface area contributed by atoms with Gasteiger partial charge in [0, 0.05) is 46.5 Å². The predicted octanol–water partition coefficient (Wildman–Crippen LogP) is 3.56. The third-order valence-corrected chi connectivity index (χ3v) is 5.34. The summed E-state index contributed by atoms with van der Waals surface area (Å²) in [7, 11) is 2.41. The van der Waals surface area contributed by atoms with Gasteiger partial charge < -0.3 is 19.9 Å². The number of esters is 1. The van der Waals surface area contributed by atoms with Crippen LogP contribution in [0.5, 0.6) is 11.5 Å². The van der Waals surface area contributed by atoms with Crippen molar-refractivity contribution in [3.63, 3.8) is 0 Å². The lowest BCUT2D eigenvalue weighted by atomic mass is 9.79. The van der Waals surface area contributed by atoms with Gasteiger partial charge in [0.2, 0.25) is 0 Å². The van der Waals surface area contributed by atoms with Crippen molar-refractivity contribution in [3.05, 3.63) is 23.2 Å². The first-order valence-corrected chi connectivity index (χ1v) is 9.77. The number of nitrogens with two attached hydrogens (primary N) is 1. The molecule has 1 aromatic rings. The standard InChI is InChI=1S/C24H38N2O4/c1-14(2)9-17-13-26-8-7-16-10-21(28-5)22(29-6)11-18(16)19(26)12-20(17)30-24(27)23(25)15(3)4/h10-11,14-15,17,19-20,23H,7-9,12-13,25H2,1-6H3/t17?,19?,20?,23-/m0/s1/i3D3,4D3,7D2,8D2,10D,11D,15D,23D. The number of carbonyl (C=O) groups is 1. The summed E-state index contributed by atoms with van der Waals surface area (Å²) in [5, 5.41) is 0. The predicted molar refractivity (Wildman–Crippen MR) is 118 cm³/mol. The molecule has 0 aromatic heterocycles. The van der Waals surface area contributed by atoms with E-state index in [4.69, 9.17) is 39.1 Å². The number of carbonyl (C=O) groups excluding carboxylic acids is 1. The molecule has 3 rings (SSSR count). The third kappa shape index (κ3) is 4.75. The van der Waals surface area contributed by atoms with Crippen LogP contribution in [0.1, 0.15) is 76.8 Å². The van der Waals surface area contributed by atoms with Crippen molar-refractivity contribution in [2.24, 2.45) is 23.5 Å². The zero-order valence-corrected chi connectivity index (χ0v) is 17.6. The molecule has 0 amide bonds. The van der Waals surface area contributed by atoms with Crippen LogP contribution in [0.25, 0.3) is 0 Å². The average Bonchev–Trinajstić information content (AvgIpc) is 2.86. The molecule has 0 aliphatic carbocycles. The van der Waals surface area contributed by atoms with Crippen molar-refractivity contribution in [1.82, 2.24) is 4.90 Å². The number of benzene rings is 1. The first-order valence-electron chi connectivity index (χ1n) is 16.8. The molecular formula is C24H38N2O4. The molecule has 1 fully saturated rings. The summed E-state index contributed by atoms with van der Waals surface area (Å²) in [6.07, 6.45) is -4.13. The molecule has 2 N–H and O–H groups in total. The highest BCUT2D eigenvalue weighted by Gasteiger charge is 2.41. The van der Waals surface area contributed by atoms with E-state index in [1.54, 1.807) is 0 Å².